The number of alkyl halides is 1. The molecular formula is C15H19ClO3S. The molecule has 0 saturated heterocycles. The Kier molecular flexibility index (Phi) is 4.26. The second kappa shape index (κ2) is 5.49. The van der Waals surface area contributed by atoms with Gasteiger partial charge in [-0.15, -0.1) is 11.6 Å². The third-order valence-corrected chi connectivity index (χ3v) is 5.77. The van der Waals surface area contributed by atoms with Crippen LogP contribution in [0.4, 0.5) is 0 Å². The zero-order chi connectivity index (χ0) is 15.1. The minimum atomic E-state index is -0.989. The summed E-state index contributed by atoms with van der Waals surface area (Å²) in [5.74, 6) is 0.525. The monoisotopic (exact) mass is 314 g/mol. The smallest absolute Gasteiger partial charge is 0.338 e. The van der Waals surface area contributed by atoms with Gasteiger partial charge in [-0.05, 0) is 36.6 Å². The molecule has 0 fully saturated rings. The van der Waals surface area contributed by atoms with Crippen molar-refractivity contribution in [1.82, 2.24) is 0 Å². The van der Waals surface area contributed by atoms with Gasteiger partial charge in [0.15, 0.2) is 0 Å². The first-order chi connectivity index (χ1) is 9.29. The summed E-state index contributed by atoms with van der Waals surface area (Å²) in [6.07, 6.45) is 0. The Balaban J connectivity index is 2.57. The molecule has 1 aliphatic heterocycles. The molecule has 1 heterocycles. The topological polar surface area (TPSA) is 43.4 Å². The zero-order valence-electron chi connectivity index (χ0n) is 12.2. The van der Waals surface area contributed by atoms with Crippen molar-refractivity contribution in [2.45, 2.75) is 38.0 Å². The molecule has 1 aromatic rings. The average Bonchev–Trinajstić information content (AvgIpc) is 2.61. The van der Waals surface area contributed by atoms with Crippen LogP contribution in [0.25, 0.3) is 0 Å². The van der Waals surface area contributed by atoms with Crippen molar-refractivity contribution in [3.63, 3.8) is 0 Å². The standard InChI is InChI=1S/C15H19ClO3S/c1-9-7-11(14(17)19-6-5-16)10(2)12-13(9)20(18)8-15(12,3)4/h7H,5-6,8H2,1-4H3. The number of esters is 1. The van der Waals surface area contributed by atoms with Crippen molar-refractivity contribution in [2.75, 3.05) is 18.2 Å². The summed E-state index contributed by atoms with van der Waals surface area (Å²) in [4.78, 5) is 13.0. The quantitative estimate of drug-likeness (QED) is 0.636. The third-order valence-electron chi connectivity index (χ3n) is 3.65. The summed E-state index contributed by atoms with van der Waals surface area (Å²) in [7, 11) is -0.989. The van der Waals surface area contributed by atoms with Gasteiger partial charge in [0.1, 0.15) is 6.61 Å². The van der Waals surface area contributed by atoms with Crippen LogP contribution in [0.5, 0.6) is 0 Å². The van der Waals surface area contributed by atoms with E-state index in [-0.39, 0.29) is 23.9 Å². The number of fused-ring (bicyclic) bond motifs is 1. The number of carbonyl (C=O) groups is 1. The molecule has 1 unspecified atom stereocenters. The molecular weight excluding hydrogens is 296 g/mol. The van der Waals surface area contributed by atoms with Crippen LogP contribution in [-0.4, -0.2) is 28.4 Å². The Labute approximate surface area is 127 Å². The fraction of sp³-hybridized carbons (Fsp3) is 0.533. The third kappa shape index (κ3) is 2.51. The molecule has 3 nitrogen and oxygen atoms in total. The van der Waals surface area contributed by atoms with Crippen molar-refractivity contribution in [3.05, 3.63) is 28.3 Å². The van der Waals surface area contributed by atoms with Gasteiger partial charge in [0.05, 0.1) is 22.2 Å². The molecule has 0 N–H and O–H groups in total. The highest BCUT2D eigenvalue weighted by Crippen LogP contribution is 2.42. The largest absolute Gasteiger partial charge is 0.461 e. The maximum absolute atomic E-state index is 12.3. The second-order valence-corrected chi connectivity index (χ2v) is 7.53. The number of halogens is 1. The molecule has 0 aliphatic carbocycles. The average molecular weight is 315 g/mol. The second-order valence-electron chi connectivity index (χ2n) is 5.77. The molecule has 0 bridgehead atoms. The number of benzene rings is 1. The first-order valence-electron chi connectivity index (χ1n) is 6.55. The molecule has 5 heteroatoms. The maximum Gasteiger partial charge on any atom is 0.338 e. The van der Waals surface area contributed by atoms with Crippen LogP contribution in [0.2, 0.25) is 0 Å². The van der Waals surface area contributed by atoms with Crippen LogP contribution in [0, 0.1) is 13.8 Å². The van der Waals surface area contributed by atoms with E-state index in [4.69, 9.17) is 16.3 Å². The lowest BCUT2D eigenvalue weighted by Gasteiger charge is -2.22. The Morgan fingerprint density at radius 1 is 1.45 bits per heavy atom. The highest BCUT2D eigenvalue weighted by molar-refractivity contribution is 7.85. The number of ether oxygens (including phenoxy) is 1. The van der Waals surface area contributed by atoms with E-state index in [9.17, 15) is 9.00 Å². The van der Waals surface area contributed by atoms with Gasteiger partial charge in [-0.3, -0.25) is 4.21 Å². The van der Waals surface area contributed by atoms with E-state index in [0.717, 1.165) is 21.6 Å². The van der Waals surface area contributed by atoms with E-state index in [2.05, 4.69) is 13.8 Å². The molecule has 0 saturated carbocycles. The molecule has 1 atom stereocenters. The van der Waals surface area contributed by atoms with E-state index in [1.165, 1.54) is 0 Å². The molecule has 20 heavy (non-hydrogen) atoms. The van der Waals surface area contributed by atoms with Gasteiger partial charge >= 0.3 is 5.97 Å². The summed E-state index contributed by atoms with van der Waals surface area (Å²) < 4.78 is 17.4. The van der Waals surface area contributed by atoms with Crippen LogP contribution in [-0.2, 0) is 21.0 Å². The van der Waals surface area contributed by atoms with Crippen molar-refractivity contribution < 1.29 is 13.7 Å². The van der Waals surface area contributed by atoms with Crippen LogP contribution < -0.4 is 0 Å². The summed E-state index contributed by atoms with van der Waals surface area (Å²) in [6, 6.07) is 1.78. The zero-order valence-corrected chi connectivity index (χ0v) is 13.8. The van der Waals surface area contributed by atoms with Gasteiger partial charge in [0.2, 0.25) is 0 Å². The molecule has 2 rings (SSSR count). The molecule has 0 spiro atoms. The summed E-state index contributed by atoms with van der Waals surface area (Å²) in [5.41, 5.74) is 3.18. The lowest BCUT2D eigenvalue weighted by molar-refractivity contribution is 0.0528. The fourth-order valence-electron chi connectivity index (χ4n) is 2.89. The number of hydrogen-bond donors (Lipinski definition) is 0. The highest BCUT2D eigenvalue weighted by atomic mass is 35.5. The van der Waals surface area contributed by atoms with Gasteiger partial charge in [0.25, 0.3) is 0 Å². The highest BCUT2D eigenvalue weighted by Gasteiger charge is 2.39. The Hall–Kier alpha value is -0.870. The lowest BCUT2D eigenvalue weighted by atomic mass is 9.81. The maximum atomic E-state index is 12.3. The molecule has 0 aromatic heterocycles. The number of rotatable bonds is 3. The summed E-state index contributed by atoms with van der Waals surface area (Å²) in [5, 5.41) is 0. The SMILES string of the molecule is Cc1cc(C(=O)OCCCl)c(C)c2c1S(=O)CC2(C)C. The van der Waals surface area contributed by atoms with Gasteiger partial charge in [-0.25, -0.2) is 4.79 Å². The summed E-state index contributed by atoms with van der Waals surface area (Å²) in [6.45, 7) is 8.13. The number of hydrogen-bond acceptors (Lipinski definition) is 3. The fourth-order valence-corrected chi connectivity index (χ4v) is 4.99. The lowest BCUT2D eigenvalue weighted by Crippen LogP contribution is -2.20. The van der Waals surface area contributed by atoms with Crippen molar-refractivity contribution in [3.8, 4) is 0 Å². The predicted molar refractivity (Wildman–Crippen MR) is 81.2 cm³/mol. The van der Waals surface area contributed by atoms with Crippen LogP contribution in [0.3, 0.4) is 0 Å². The summed E-state index contributed by atoms with van der Waals surface area (Å²) >= 11 is 5.54. The number of carbonyl (C=O) groups excluding carboxylic acids is 1. The van der Waals surface area contributed by atoms with Crippen LogP contribution in [0.15, 0.2) is 11.0 Å². The Bertz CT molecular complexity index is 593. The first kappa shape index (κ1) is 15.5. The van der Waals surface area contributed by atoms with Crippen molar-refractivity contribution >= 4 is 28.4 Å². The van der Waals surface area contributed by atoms with Gasteiger partial charge < -0.3 is 4.74 Å². The first-order valence-corrected chi connectivity index (χ1v) is 8.41. The molecule has 110 valence electrons. The van der Waals surface area contributed by atoms with E-state index in [0.29, 0.717) is 11.3 Å². The van der Waals surface area contributed by atoms with Crippen molar-refractivity contribution in [1.29, 1.82) is 0 Å². The Morgan fingerprint density at radius 3 is 2.70 bits per heavy atom. The van der Waals surface area contributed by atoms with Crippen molar-refractivity contribution in [2.24, 2.45) is 0 Å². The predicted octanol–water partition coefficient (Wildman–Crippen LogP) is 3.10. The van der Waals surface area contributed by atoms with E-state index < -0.39 is 10.8 Å². The van der Waals surface area contributed by atoms with Gasteiger partial charge in [-0.1, -0.05) is 13.8 Å². The van der Waals surface area contributed by atoms with Gasteiger partial charge in [-0.2, -0.15) is 0 Å². The normalized spacial score (nSPS) is 19.8. The molecule has 1 aliphatic rings. The minimum absolute atomic E-state index is 0.183. The van der Waals surface area contributed by atoms with E-state index in [1.54, 1.807) is 6.07 Å². The van der Waals surface area contributed by atoms with Crippen LogP contribution in [0.1, 0.15) is 40.9 Å². The molecule has 0 amide bonds. The minimum Gasteiger partial charge on any atom is -0.461 e. The van der Waals surface area contributed by atoms with Crippen LogP contribution >= 0.6 is 11.6 Å². The van der Waals surface area contributed by atoms with E-state index >= 15 is 0 Å². The Morgan fingerprint density at radius 2 is 2.10 bits per heavy atom. The number of aryl methyl sites for hydroxylation is 1. The van der Waals surface area contributed by atoms with E-state index in [1.807, 2.05) is 13.8 Å². The molecule has 1 aromatic carbocycles. The molecule has 0 radical (unpaired) electrons. The van der Waals surface area contributed by atoms with Gasteiger partial charge in [0, 0.05) is 16.1 Å².